The van der Waals surface area contributed by atoms with Crippen LogP contribution in [0.5, 0.6) is 5.75 Å². The molecule has 5 nitrogen and oxygen atoms in total. The summed E-state index contributed by atoms with van der Waals surface area (Å²) in [5.41, 5.74) is 1.75. The third kappa shape index (κ3) is 4.75. The molecule has 2 unspecified atom stereocenters. The number of rotatable bonds is 6. The van der Waals surface area contributed by atoms with Gasteiger partial charge >= 0.3 is 0 Å². The number of likely N-dealkylation sites (tertiary alicyclic amines) is 1. The van der Waals surface area contributed by atoms with Crippen LogP contribution in [0.1, 0.15) is 30.9 Å². The lowest BCUT2D eigenvalue weighted by atomic mass is 9.87. The van der Waals surface area contributed by atoms with Gasteiger partial charge < -0.3 is 15.0 Å². The lowest BCUT2D eigenvalue weighted by Crippen LogP contribution is -2.36. The molecular weight excluding hydrogens is 371 g/mol. The molecule has 1 aliphatic heterocycles. The molecule has 154 valence electrons. The summed E-state index contributed by atoms with van der Waals surface area (Å²) >= 11 is 0. The molecule has 1 N–H and O–H groups in total. The Labute approximate surface area is 170 Å². The van der Waals surface area contributed by atoms with E-state index in [2.05, 4.69) is 5.32 Å². The van der Waals surface area contributed by atoms with E-state index in [-0.39, 0.29) is 35.4 Å². The maximum absolute atomic E-state index is 13.1. The first-order valence-corrected chi connectivity index (χ1v) is 9.84. The first-order chi connectivity index (χ1) is 13.9. The summed E-state index contributed by atoms with van der Waals surface area (Å²) in [5, 5.41) is 2.95. The van der Waals surface area contributed by atoms with Crippen molar-refractivity contribution in [3.63, 3.8) is 0 Å². The van der Waals surface area contributed by atoms with Gasteiger partial charge in [-0.1, -0.05) is 44.2 Å². The number of halogens is 1. The Balaban J connectivity index is 1.80. The second-order valence-corrected chi connectivity index (χ2v) is 7.70. The Morgan fingerprint density at radius 3 is 2.48 bits per heavy atom. The van der Waals surface area contributed by atoms with Gasteiger partial charge in [0.2, 0.25) is 11.8 Å². The van der Waals surface area contributed by atoms with Gasteiger partial charge in [-0.3, -0.25) is 9.59 Å². The van der Waals surface area contributed by atoms with Gasteiger partial charge in [0.25, 0.3) is 0 Å². The number of nitrogens with one attached hydrogen (secondary N) is 1. The van der Waals surface area contributed by atoms with Gasteiger partial charge in [0.05, 0.1) is 13.0 Å². The zero-order chi connectivity index (χ0) is 21.0. The normalized spacial score (nSPS) is 18.7. The van der Waals surface area contributed by atoms with Gasteiger partial charge in [0.1, 0.15) is 11.6 Å². The Hall–Kier alpha value is -2.89. The van der Waals surface area contributed by atoms with Gasteiger partial charge in [-0.2, -0.15) is 0 Å². The highest BCUT2D eigenvalue weighted by atomic mass is 19.1. The van der Waals surface area contributed by atoms with E-state index in [4.69, 9.17) is 4.74 Å². The summed E-state index contributed by atoms with van der Waals surface area (Å²) in [7, 11) is 1.61. The minimum Gasteiger partial charge on any atom is -0.496 e. The van der Waals surface area contributed by atoms with E-state index in [9.17, 15) is 14.0 Å². The minimum absolute atomic E-state index is 0.0405. The number of benzene rings is 2. The predicted molar refractivity (Wildman–Crippen MR) is 109 cm³/mol. The van der Waals surface area contributed by atoms with E-state index >= 15 is 0 Å². The van der Waals surface area contributed by atoms with E-state index < -0.39 is 0 Å². The Morgan fingerprint density at radius 1 is 1.14 bits per heavy atom. The summed E-state index contributed by atoms with van der Waals surface area (Å²) in [6, 6.07) is 13.7. The molecule has 6 heteroatoms. The topological polar surface area (TPSA) is 58.6 Å². The second-order valence-electron chi connectivity index (χ2n) is 7.70. The van der Waals surface area contributed by atoms with Crippen molar-refractivity contribution in [2.45, 2.75) is 26.3 Å². The monoisotopic (exact) mass is 398 g/mol. The lowest BCUT2D eigenvalue weighted by Gasteiger charge is -2.20. The van der Waals surface area contributed by atoms with Crippen LogP contribution in [0.15, 0.2) is 48.5 Å². The average Bonchev–Trinajstić information content (AvgIpc) is 3.17. The smallest absolute Gasteiger partial charge is 0.225 e. The molecular formula is C23H27FN2O3. The van der Waals surface area contributed by atoms with Crippen LogP contribution in [0.25, 0.3) is 0 Å². The SMILES string of the molecule is COc1ccccc1C1CN(C(=O)C(C)C)CC1C(=O)NCc1ccc(F)cc1. The highest BCUT2D eigenvalue weighted by molar-refractivity contribution is 5.84. The molecule has 2 aromatic carbocycles. The van der Waals surface area contributed by atoms with Crippen molar-refractivity contribution in [1.29, 1.82) is 0 Å². The van der Waals surface area contributed by atoms with Crippen LogP contribution >= 0.6 is 0 Å². The summed E-state index contributed by atoms with van der Waals surface area (Å²) in [6.45, 7) is 4.89. The van der Waals surface area contributed by atoms with E-state index in [1.807, 2.05) is 38.1 Å². The van der Waals surface area contributed by atoms with E-state index in [1.54, 1.807) is 24.1 Å². The number of methoxy groups -OCH3 is 1. The fraction of sp³-hybridized carbons (Fsp3) is 0.391. The van der Waals surface area contributed by atoms with Crippen LogP contribution in [0, 0.1) is 17.7 Å². The molecule has 0 spiro atoms. The molecule has 0 bridgehead atoms. The first kappa shape index (κ1) is 20.8. The minimum atomic E-state index is -0.380. The van der Waals surface area contributed by atoms with Crippen molar-refractivity contribution < 1.29 is 18.7 Å². The van der Waals surface area contributed by atoms with Gasteiger partial charge in [0.15, 0.2) is 0 Å². The number of hydrogen-bond acceptors (Lipinski definition) is 3. The largest absolute Gasteiger partial charge is 0.496 e. The Kier molecular flexibility index (Phi) is 6.52. The van der Waals surface area contributed by atoms with Crippen LogP contribution < -0.4 is 10.1 Å². The van der Waals surface area contributed by atoms with Crippen molar-refractivity contribution in [2.24, 2.45) is 11.8 Å². The highest BCUT2D eigenvalue weighted by Gasteiger charge is 2.41. The zero-order valence-electron chi connectivity index (χ0n) is 17.0. The maximum atomic E-state index is 13.1. The van der Waals surface area contributed by atoms with Crippen molar-refractivity contribution >= 4 is 11.8 Å². The van der Waals surface area contributed by atoms with Crippen LogP contribution in [-0.2, 0) is 16.1 Å². The van der Waals surface area contributed by atoms with Gasteiger partial charge in [0, 0.05) is 31.5 Å². The third-order valence-corrected chi connectivity index (χ3v) is 5.38. The highest BCUT2D eigenvalue weighted by Crippen LogP contribution is 2.38. The predicted octanol–water partition coefficient (Wildman–Crippen LogP) is 3.35. The summed E-state index contributed by atoms with van der Waals surface area (Å²) in [4.78, 5) is 27.4. The number of ether oxygens (including phenoxy) is 1. The zero-order valence-corrected chi connectivity index (χ0v) is 17.0. The van der Waals surface area contributed by atoms with Crippen LogP contribution in [0.4, 0.5) is 4.39 Å². The third-order valence-electron chi connectivity index (χ3n) is 5.38. The number of amides is 2. The molecule has 0 saturated carbocycles. The molecule has 0 aliphatic carbocycles. The summed E-state index contributed by atoms with van der Waals surface area (Å²) in [6.07, 6.45) is 0. The van der Waals surface area contributed by atoms with Gasteiger partial charge in [-0.05, 0) is 29.3 Å². The molecule has 0 aromatic heterocycles. The number of hydrogen-bond donors (Lipinski definition) is 1. The molecule has 1 aliphatic rings. The quantitative estimate of drug-likeness (QED) is 0.812. The summed E-state index contributed by atoms with van der Waals surface area (Å²) < 4.78 is 18.6. The lowest BCUT2D eigenvalue weighted by molar-refractivity contribution is -0.133. The van der Waals surface area contributed by atoms with Crippen LogP contribution in [-0.4, -0.2) is 36.9 Å². The molecule has 29 heavy (non-hydrogen) atoms. The molecule has 1 saturated heterocycles. The number of para-hydroxylation sites is 1. The van der Waals surface area contributed by atoms with Crippen molar-refractivity contribution in [3.05, 3.63) is 65.5 Å². The standard InChI is InChI=1S/C23H27FN2O3/c1-15(2)23(28)26-13-19(18-6-4-5-7-21(18)29-3)20(14-26)22(27)25-12-16-8-10-17(24)11-9-16/h4-11,15,19-20H,12-14H2,1-3H3,(H,25,27). The molecule has 1 heterocycles. The molecule has 2 amide bonds. The number of carbonyl (C=O) groups is 2. The maximum Gasteiger partial charge on any atom is 0.225 e. The average molecular weight is 398 g/mol. The molecule has 2 aromatic rings. The van der Waals surface area contributed by atoms with E-state index in [1.165, 1.54) is 12.1 Å². The second kappa shape index (κ2) is 9.07. The Bertz CT molecular complexity index is 867. The summed E-state index contributed by atoms with van der Waals surface area (Å²) in [5.74, 6) is -0.337. The van der Waals surface area contributed by atoms with Crippen molar-refractivity contribution in [1.82, 2.24) is 10.2 Å². The number of nitrogens with zero attached hydrogens (tertiary/aromatic N) is 1. The molecule has 2 atom stereocenters. The van der Waals surface area contributed by atoms with E-state index in [0.717, 1.165) is 11.1 Å². The van der Waals surface area contributed by atoms with Gasteiger partial charge in [-0.15, -0.1) is 0 Å². The first-order valence-electron chi connectivity index (χ1n) is 9.84. The van der Waals surface area contributed by atoms with Crippen LogP contribution in [0.3, 0.4) is 0 Å². The fourth-order valence-electron chi connectivity index (χ4n) is 3.82. The van der Waals surface area contributed by atoms with Crippen molar-refractivity contribution in [2.75, 3.05) is 20.2 Å². The van der Waals surface area contributed by atoms with E-state index in [0.29, 0.717) is 25.4 Å². The molecule has 3 rings (SSSR count). The molecule has 0 radical (unpaired) electrons. The number of carbonyl (C=O) groups excluding carboxylic acids is 2. The molecule has 1 fully saturated rings. The van der Waals surface area contributed by atoms with Gasteiger partial charge in [-0.25, -0.2) is 4.39 Å². The fourth-order valence-corrected chi connectivity index (χ4v) is 3.82. The van der Waals surface area contributed by atoms with Crippen molar-refractivity contribution in [3.8, 4) is 5.75 Å². The van der Waals surface area contributed by atoms with Crippen LogP contribution in [0.2, 0.25) is 0 Å². The Morgan fingerprint density at radius 2 is 1.83 bits per heavy atom.